The van der Waals surface area contributed by atoms with Gasteiger partial charge in [-0.15, -0.1) is 0 Å². The molecule has 1 aromatic rings. The Morgan fingerprint density at radius 3 is 2.11 bits per heavy atom. The number of nitrogens with one attached hydrogen (secondary N) is 1. The Labute approximate surface area is 108 Å². The predicted octanol–water partition coefficient (Wildman–Crippen LogP) is 0.0878. The van der Waals surface area contributed by atoms with Gasteiger partial charge in [0, 0.05) is 6.42 Å². The molecule has 1 N–H and O–H groups in total. The fraction of sp³-hybridized carbons (Fsp3) is 0.231. The molecule has 1 saturated heterocycles. The summed E-state index contributed by atoms with van der Waals surface area (Å²) in [6.07, 6.45) is 0.306. The average Bonchev–Trinajstić information content (AvgIpc) is 2.64. The highest BCUT2D eigenvalue weighted by Crippen LogP contribution is 2.26. The molecule has 4 amide bonds. The zero-order chi connectivity index (χ0) is 13.6. The first kappa shape index (κ1) is 11.6. The lowest BCUT2D eigenvalue weighted by molar-refractivity contribution is -0.136. The highest BCUT2D eigenvalue weighted by Gasteiger charge is 2.44. The molecule has 0 spiro atoms. The lowest BCUT2D eigenvalue weighted by Gasteiger charge is -2.27. The average molecular weight is 260 g/mol. The molecule has 0 bridgehead atoms. The van der Waals surface area contributed by atoms with E-state index in [9.17, 15) is 19.2 Å². The van der Waals surface area contributed by atoms with Gasteiger partial charge < -0.3 is 0 Å². The summed E-state index contributed by atoms with van der Waals surface area (Å²) in [6, 6.07) is 5.55. The number of carbonyl (C=O) groups is 4. The van der Waals surface area contributed by atoms with E-state index in [1.807, 2.05) is 0 Å². The minimum absolute atomic E-state index is 0.129. The number of benzene rings is 1. The first-order chi connectivity index (χ1) is 9.09. The van der Waals surface area contributed by atoms with Gasteiger partial charge in [-0.05, 0) is 18.6 Å². The van der Waals surface area contributed by atoms with Crippen molar-refractivity contribution in [3.8, 4) is 0 Å². The van der Waals surface area contributed by atoms with E-state index in [1.165, 1.54) is 0 Å². The number of nitrogens with zero attached hydrogens (tertiary/aromatic N) is 1. The molecule has 0 saturated carbocycles. The minimum Gasteiger partial charge on any atom is -0.295 e. The topological polar surface area (TPSA) is 83.6 Å². The molecular formula is C13H10N2O4. The number of hydrogen-bond acceptors (Lipinski definition) is 4. The Bertz CT molecular complexity index is 588. The summed E-state index contributed by atoms with van der Waals surface area (Å²) < 4.78 is 0. The van der Waals surface area contributed by atoms with Gasteiger partial charge in [-0.1, -0.05) is 12.1 Å². The maximum absolute atomic E-state index is 12.2. The third-order valence-electron chi connectivity index (χ3n) is 3.35. The molecule has 19 heavy (non-hydrogen) atoms. The summed E-state index contributed by atoms with van der Waals surface area (Å²) in [5.74, 6) is -1.92. The van der Waals surface area contributed by atoms with Crippen molar-refractivity contribution in [1.29, 1.82) is 0 Å². The molecule has 0 aromatic heterocycles. The van der Waals surface area contributed by atoms with Crippen LogP contribution in [0.2, 0.25) is 0 Å². The molecule has 2 aliphatic rings. The molecule has 1 aromatic carbocycles. The molecular weight excluding hydrogens is 250 g/mol. The van der Waals surface area contributed by atoms with E-state index in [0.717, 1.165) is 4.90 Å². The lowest BCUT2D eigenvalue weighted by atomic mass is 10.1. The number of hydrogen-bond donors (Lipinski definition) is 1. The zero-order valence-electron chi connectivity index (χ0n) is 9.88. The lowest BCUT2D eigenvalue weighted by Crippen LogP contribution is -2.54. The van der Waals surface area contributed by atoms with E-state index in [2.05, 4.69) is 5.32 Å². The number of piperidine rings is 1. The molecule has 0 aliphatic carbocycles. The summed E-state index contributed by atoms with van der Waals surface area (Å²) >= 11 is 0. The SMILES string of the molecule is O=C1[13CH2][13CH2]C(N2C(=O)c3ccccc3C2=O)C(=O)N1. The highest BCUT2D eigenvalue weighted by molar-refractivity contribution is 6.23. The van der Waals surface area contributed by atoms with Crippen LogP contribution in [0, 0.1) is 0 Å². The van der Waals surface area contributed by atoms with E-state index >= 15 is 0 Å². The molecule has 2 aliphatic heterocycles. The summed E-state index contributed by atoms with van der Waals surface area (Å²) in [6.45, 7) is 0. The van der Waals surface area contributed by atoms with Crippen LogP contribution in [0.4, 0.5) is 0 Å². The maximum atomic E-state index is 12.2. The largest absolute Gasteiger partial charge is 0.295 e. The summed E-state index contributed by atoms with van der Waals surface area (Å²) in [5, 5.41) is 2.15. The van der Waals surface area contributed by atoms with Crippen molar-refractivity contribution < 1.29 is 19.2 Å². The van der Waals surface area contributed by atoms with Crippen molar-refractivity contribution in [2.75, 3.05) is 0 Å². The van der Waals surface area contributed by atoms with Crippen LogP contribution in [0.15, 0.2) is 24.3 Å². The third-order valence-corrected chi connectivity index (χ3v) is 3.35. The number of rotatable bonds is 1. The smallest absolute Gasteiger partial charge is 0.262 e. The first-order valence-corrected chi connectivity index (χ1v) is 5.90. The van der Waals surface area contributed by atoms with Crippen molar-refractivity contribution in [2.24, 2.45) is 0 Å². The van der Waals surface area contributed by atoms with E-state index in [1.54, 1.807) is 24.3 Å². The van der Waals surface area contributed by atoms with Gasteiger partial charge in [-0.25, -0.2) is 0 Å². The van der Waals surface area contributed by atoms with Crippen molar-refractivity contribution in [1.82, 2.24) is 10.2 Å². The molecule has 96 valence electrons. The van der Waals surface area contributed by atoms with Gasteiger partial charge in [0.15, 0.2) is 0 Å². The zero-order valence-corrected chi connectivity index (χ0v) is 9.88. The van der Waals surface area contributed by atoms with Gasteiger partial charge in [0.25, 0.3) is 11.8 Å². The van der Waals surface area contributed by atoms with Crippen LogP contribution < -0.4 is 5.32 Å². The van der Waals surface area contributed by atoms with Crippen LogP contribution in [-0.4, -0.2) is 34.6 Å². The van der Waals surface area contributed by atoms with E-state index < -0.39 is 23.8 Å². The minimum atomic E-state index is -0.898. The normalized spacial score (nSPS) is 22.5. The van der Waals surface area contributed by atoms with Gasteiger partial charge in [0.2, 0.25) is 11.8 Å². The summed E-state index contributed by atoms with van der Waals surface area (Å²) in [7, 11) is 0. The van der Waals surface area contributed by atoms with Crippen LogP contribution in [0.3, 0.4) is 0 Å². The Morgan fingerprint density at radius 1 is 1.00 bits per heavy atom. The van der Waals surface area contributed by atoms with Crippen LogP contribution in [-0.2, 0) is 9.59 Å². The maximum Gasteiger partial charge on any atom is 0.262 e. The second-order valence-corrected chi connectivity index (χ2v) is 4.49. The third kappa shape index (κ3) is 1.64. The number of amides is 4. The second kappa shape index (κ2) is 4.01. The molecule has 1 unspecified atom stereocenters. The highest BCUT2D eigenvalue weighted by atomic mass is 16.2. The molecule has 6 heteroatoms. The summed E-state index contributed by atoms with van der Waals surface area (Å²) in [4.78, 5) is 48.1. The van der Waals surface area contributed by atoms with Crippen LogP contribution in [0.25, 0.3) is 0 Å². The monoisotopic (exact) mass is 260 g/mol. The predicted molar refractivity (Wildman–Crippen MR) is 63.1 cm³/mol. The van der Waals surface area contributed by atoms with E-state index in [4.69, 9.17) is 0 Å². The summed E-state index contributed by atoms with van der Waals surface area (Å²) in [5.41, 5.74) is 0.606. The number of carbonyl (C=O) groups excluding carboxylic acids is 4. The quantitative estimate of drug-likeness (QED) is 0.573. The molecule has 1 fully saturated rings. The second-order valence-electron chi connectivity index (χ2n) is 4.49. The van der Waals surface area contributed by atoms with Gasteiger partial charge in [-0.2, -0.15) is 0 Å². The Balaban J connectivity index is 1.96. The molecule has 0 radical (unpaired) electrons. The number of fused-ring (bicyclic) bond motifs is 1. The molecule has 6 nitrogen and oxygen atoms in total. The first-order valence-electron chi connectivity index (χ1n) is 5.90. The van der Waals surface area contributed by atoms with Crippen LogP contribution >= 0.6 is 0 Å². The Hall–Kier alpha value is -2.50. The van der Waals surface area contributed by atoms with Gasteiger partial charge in [0.1, 0.15) is 6.04 Å². The standard InChI is InChI=1S/C13H10N2O4/c16-10-6-5-9(11(17)14-10)15-12(18)7-3-1-2-4-8(7)13(15)19/h1-4,9H,5-6H2,(H,14,16,17)/i5+1,6+1. The van der Waals surface area contributed by atoms with Gasteiger partial charge >= 0.3 is 0 Å². The van der Waals surface area contributed by atoms with E-state index in [0.29, 0.717) is 11.1 Å². The Kier molecular flexibility index (Phi) is 2.45. The van der Waals surface area contributed by atoms with E-state index in [-0.39, 0.29) is 18.7 Å². The van der Waals surface area contributed by atoms with Gasteiger partial charge in [0.05, 0.1) is 11.1 Å². The molecule has 1 atom stereocenters. The van der Waals surface area contributed by atoms with Crippen molar-refractivity contribution in [2.45, 2.75) is 18.9 Å². The van der Waals surface area contributed by atoms with Crippen molar-refractivity contribution in [3.63, 3.8) is 0 Å². The van der Waals surface area contributed by atoms with Crippen LogP contribution in [0.1, 0.15) is 33.6 Å². The number of imide groups is 2. The van der Waals surface area contributed by atoms with Crippen molar-refractivity contribution >= 4 is 23.6 Å². The molecule has 2 heterocycles. The van der Waals surface area contributed by atoms with Crippen LogP contribution in [0.5, 0.6) is 0 Å². The molecule has 3 rings (SSSR count). The fourth-order valence-corrected chi connectivity index (χ4v) is 2.42. The van der Waals surface area contributed by atoms with Gasteiger partial charge in [-0.3, -0.25) is 29.4 Å². The van der Waals surface area contributed by atoms with Crippen molar-refractivity contribution in [3.05, 3.63) is 35.4 Å². The fourth-order valence-electron chi connectivity index (χ4n) is 2.42. The Morgan fingerprint density at radius 2 is 1.58 bits per heavy atom.